The van der Waals surface area contributed by atoms with Gasteiger partial charge >= 0.3 is 0 Å². The molecule has 8 nitrogen and oxygen atoms in total. The molecule has 5 rings (SSSR count). The Bertz CT molecular complexity index is 1570. The van der Waals surface area contributed by atoms with E-state index in [1.54, 1.807) is 13.3 Å². The number of pyridine rings is 1. The molecule has 2 unspecified atom stereocenters. The molecule has 0 bridgehead atoms. The van der Waals surface area contributed by atoms with Crippen LogP contribution in [-0.4, -0.2) is 41.4 Å². The third kappa shape index (κ3) is 5.42. The van der Waals surface area contributed by atoms with E-state index in [1.165, 1.54) is 18.4 Å². The number of hydrogen-bond donors (Lipinski definition) is 2. The van der Waals surface area contributed by atoms with Crippen molar-refractivity contribution < 1.29 is 14.3 Å². The van der Waals surface area contributed by atoms with Crippen LogP contribution in [0.2, 0.25) is 0 Å². The van der Waals surface area contributed by atoms with Gasteiger partial charge in [-0.15, -0.1) is 0 Å². The van der Waals surface area contributed by atoms with Crippen LogP contribution < -0.4 is 20.3 Å². The van der Waals surface area contributed by atoms with Gasteiger partial charge < -0.3 is 29.6 Å². The maximum atomic E-state index is 12.4. The Morgan fingerprint density at radius 1 is 1.07 bits per heavy atom. The molecular weight excluding hydrogens is 534 g/mol. The molecule has 0 radical (unpaired) electrons. The van der Waals surface area contributed by atoms with Crippen molar-refractivity contribution in [3.63, 3.8) is 0 Å². The van der Waals surface area contributed by atoms with Crippen LogP contribution in [0.4, 0.5) is 11.4 Å². The Morgan fingerprint density at radius 2 is 1.85 bits per heavy atom. The molecule has 41 heavy (non-hydrogen) atoms. The van der Waals surface area contributed by atoms with Gasteiger partial charge in [-0.3, -0.25) is 9.78 Å². The fraction of sp³-hybridized carbons (Fsp3) is 0.281. The number of thiocarbonyl (C=S) groups is 1. The van der Waals surface area contributed by atoms with Crippen LogP contribution in [0.25, 0.3) is 5.69 Å². The number of anilines is 2. The average Bonchev–Trinajstić information content (AvgIpc) is 3.48. The molecule has 1 saturated heterocycles. The number of methoxy groups -OCH3 is 2. The third-order valence-corrected chi connectivity index (χ3v) is 7.83. The highest BCUT2D eigenvalue weighted by atomic mass is 32.1. The Kier molecular flexibility index (Phi) is 8.37. The summed E-state index contributed by atoms with van der Waals surface area (Å²) in [5.74, 6) is 0.273. The highest BCUT2D eigenvalue weighted by Crippen LogP contribution is 2.45. The molecule has 1 aliphatic rings. The van der Waals surface area contributed by atoms with E-state index in [-0.39, 0.29) is 24.6 Å². The zero-order valence-electron chi connectivity index (χ0n) is 24.0. The lowest BCUT2D eigenvalue weighted by molar-refractivity contribution is -0.119. The summed E-state index contributed by atoms with van der Waals surface area (Å²) in [5.41, 5.74) is 8.12. The number of carbonyl (C=O) groups excluding carboxylic acids is 1. The van der Waals surface area contributed by atoms with Crippen LogP contribution in [0, 0.1) is 13.8 Å². The smallest absolute Gasteiger partial charge is 0.250 e. The number of nitrogens with zero attached hydrogens (tertiary/aromatic N) is 3. The van der Waals surface area contributed by atoms with Gasteiger partial charge in [0, 0.05) is 36.1 Å². The lowest BCUT2D eigenvalue weighted by Crippen LogP contribution is -2.29. The summed E-state index contributed by atoms with van der Waals surface area (Å²) in [4.78, 5) is 19.2. The van der Waals surface area contributed by atoms with Crippen molar-refractivity contribution in [2.24, 2.45) is 0 Å². The number of nitrogens with one attached hydrogen (secondary N) is 2. The van der Waals surface area contributed by atoms with E-state index in [9.17, 15) is 4.79 Å². The van der Waals surface area contributed by atoms with E-state index in [0.717, 1.165) is 34.8 Å². The van der Waals surface area contributed by atoms with E-state index < -0.39 is 0 Å². The fourth-order valence-electron chi connectivity index (χ4n) is 5.70. The van der Waals surface area contributed by atoms with Crippen molar-refractivity contribution in [3.8, 4) is 11.4 Å². The Balaban J connectivity index is 1.66. The van der Waals surface area contributed by atoms with Gasteiger partial charge in [-0.25, -0.2) is 0 Å². The summed E-state index contributed by atoms with van der Waals surface area (Å²) in [7, 11) is 3.06. The van der Waals surface area contributed by atoms with Crippen molar-refractivity contribution in [1.82, 2.24) is 14.9 Å². The molecule has 1 amide bonds. The number of para-hydroxylation sites is 1. The van der Waals surface area contributed by atoms with Gasteiger partial charge in [-0.05, 0) is 86.1 Å². The Labute approximate surface area is 246 Å². The van der Waals surface area contributed by atoms with Gasteiger partial charge in [0.25, 0.3) is 0 Å². The molecule has 2 N–H and O–H groups in total. The Hall–Kier alpha value is -4.21. The summed E-state index contributed by atoms with van der Waals surface area (Å²) in [6.45, 7) is 6.42. The monoisotopic (exact) mass is 569 g/mol. The third-order valence-electron chi connectivity index (χ3n) is 7.51. The summed E-state index contributed by atoms with van der Waals surface area (Å²) in [6, 6.07) is 22.0. The lowest BCUT2D eigenvalue weighted by atomic mass is 9.96. The van der Waals surface area contributed by atoms with E-state index >= 15 is 0 Å². The van der Waals surface area contributed by atoms with Crippen molar-refractivity contribution >= 4 is 34.6 Å². The molecule has 1 aliphatic heterocycles. The molecule has 3 heterocycles. The minimum absolute atomic E-state index is 0.0628. The number of hydrogen-bond acceptors (Lipinski definition) is 5. The van der Waals surface area contributed by atoms with Gasteiger partial charge in [-0.2, -0.15) is 0 Å². The zero-order chi connectivity index (χ0) is 29.1. The average molecular weight is 570 g/mol. The zero-order valence-corrected chi connectivity index (χ0v) is 24.8. The second-order valence-electron chi connectivity index (χ2n) is 10.0. The van der Waals surface area contributed by atoms with E-state index in [1.807, 2.05) is 36.4 Å². The van der Waals surface area contributed by atoms with Crippen LogP contribution in [0.15, 0.2) is 72.9 Å². The van der Waals surface area contributed by atoms with Gasteiger partial charge in [0.15, 0.2) is 5.11 Å². The van der Waals surface area contributed by atoms with Crippen LogP contribution in [0.1, 0.15) is 47.2 Å². The first-order valence-electron chi connectivity index (χ1n) is 13.6. The summed E-state index contributed by atoms with van der Waals surface area (Å²) in [5, 5.41) is 7.02. The van der Waals surface area contributed by atoms with Gasteiger partial charge in [0.2, 0.25) is 5.91 Å². The van der Waals surface area contributed by atoms with Gasteiger partial charge in [0.1, 0.15) is 12.4 Å². The van der Waals surface area contributed by atoms with Crippen molar-refractivity contribution in [1.29, 1.82) is 0 Å². The Morgan fingerprint density at radius 3 is 2.56 bits per heavy atom. The molecular formula is C32H35N5O3S. The predicted octanol–water partition coefficient (Wildman–Crippen LogP) is 5.82. The van der Waals surface area contributed by atoms with Gasteiger partial charge in [0.05, 0.1) is 30.6 Å². The SMILES string of the molecule is CCc1ccccc1-n1c(C)cc(C2C(c3ccccn3)NC(=S)N2c2ccc(OC)c(NC(=O)COC)c2)c1C. The molecule has 2 aromatic heterocycles. The number of aromatic nitrogens is 2. The molecule has 2 aromatic carbocycles. The quantitative estimate of drug-likeness (QED) is 0.246. The molecule has 0 aliphatic carbocycles. The van der Waals surface area contributed by atoms with Gasteiger partial charge in [-0.1, -0.05) is 31.2 Å². The molecule has 0 saturated carbocycles. The minimum atomic E-state index is -0.272. The summed E-state index contributed by atoms with van der Waals surface area (Å²) in [6.07, 6.45) is 2.74. The van der Waals surface area contributed by atoms with Crippen LogP contribution in [0.3, 0.4) is 0 Å². The van der Waals surface area contributed by atoms with Crippen molar-refractivity contribution in [2.75, 3.05) is 31.0 Å². The largest absolute Gasteiger partial charge is 0.495 e. The molecule has 1 fully saturated rings. The highest BCUT2D eigenvalue weighted by molar-refractivity contribution is 7.80. The number of rotatable bonds is 9. The first-order valence-corrected chi connectivity index (χ1v) is 14.0. The second kappa shape index (κ2) is 12.1. The van der Waals surface area contributed by atoms with E-state index in [0.29, 0.717) is 16.5 Å². The predicted molar refractivity (Wildman–Crippen MR) is 166 cm³/mol. The second-order valence-corrected chi connectivity index (χ2v) is 10.4. The highest BCUT2D eigenvalue weighted by Gasteiger charge is 2.42. The summed E-state index contributed by atoms with van der Waals surface area (Å²) < 4.78 is 12.9. The number of amides is 1. The van der Waals surface area contributed by atoms with Crippen molar-refractivity contribution in [2.45, 2.75) is 39.3 Å². The molecule has 9 heteroatoms. The molecule has 0 spiro atoms. The minimum Gasteiger partial charge on any atom is -0.495 e. The number of aryl methyl sites for hydroxylation is 2. The van der Waals surface area contributed by atoms with Crippen molar-refractivity contribution in [3.05, 3.63) is 101 Å². The maximum absolute atomic E-state index is 12.4. The lowest BCUT2D eigenvalue weighted by Gasteiger charge is -2.29. The number of ether oxygens (including phenoxy) is 2. The number of benzene rings is 2. The topological polar surface area (TPSA) is 80.7 Å². The molecule has 2 atom stereocenters. The first kappa shape index (κ1) is 28.3. The van der Waals surface area contributed by atoms with Crippen LogP contribution in [-0.2, 0) is 16.0 Å². The standard InChI is InChI=1S/C32H35N5O3S/c1-6-22-11-7-8-13-27(22)36-20(2)17-24(21(36)3)31-30(25-12-9-10-16-33-25)35-32(41)37(31)23-14-15-28(40-5)26(18-23)34-29(38)19-39-4/h7-18,30-31H,6,19H2,1-5H3,(H,34,38)(H,35,41). The first-order chi connectivity index (χ1) is 19.9. The molecule has 212 valence electrons. The van der Waals surface area contributed by atoms with E-state index in [4.69, 9.17) is 26.7 Å². The fourth-order valence-corrected chi connectivity index (χ4v) is 6.04. The summed E-state index contributed by atoms with van der Waals surface area (Å²) >= 11 is 5.97. The maximum Gasteiger partial charge on any atom is 0.250 e. The van der Waals surface area contributed by atoms with Crippen LogP contribution in [0.5, 0.6) is 5.75 Å². The molecule has 4 aromatic rings. The van der Waals surface area contributed by atoms with Crippen LogP contribution >= 0.6 is 12.2 Å². The van der Waals surface area contributed by atoms with E-state index in [2.05, 4.69) is 71.2 Å². The normalized spacial score (nSPS) is 16.5. The number of carbonyl (C=O) groups is 1.